The first kappa shape index (κ1) is 11.4. The van der Waals surface area contributed by atoms with Crippen LogP contribution in [0.15, 0.2) is 42.9 Å². The Bertz CT molecular complexity index is 748. The predicted octanol–water partition coefficient (Wildman–Crippen LogP) is 2.58. The largest absolute Gasteiger partial charge is 0.346 e. The molecule has 0 aliphatic carbocycles. The molecule has 0 atom stereocenters. The highest BCUT2D eigenvalue weighted by Crippen LogP contribution is 2.23. The zero-order valence-electron chi connectivity index (χ0n) is 10.3. The summed E-state index contributed by atoms with van der Waals surface area (Å²) in [5.41, 5.74) is 2.82. The Labute approximate surface area is 109 Å². The van der Waals surface area contributed by atoms with Crippen LogP contribution in [0.5, 0.6) is 0 Å². The number of pyridine rings is 2. The molecule has 5 nitrogen and oxygen atoms in total. The molecule has 0 radical (unpaired) electrons. The van der Waals surface area contributed by atoms with Crippen LogP contribution < -0.4 is 5.32 Å². The van der Waals surface area contributed by atoms with Gasteiger partial charge in [-0.1, -0.05) is 0 Å². The lowest BCUT2D eigenvalue weighted by molar-refractivity contribution is -0.114. The summed E-state index contributed by atoms with van der Waals surface area (Å²) < 4.78 is 0. The number of carbonyl (C=O) groups is 1. The van der Waals surface area contributed by atoms with E-state index in [-0.39, 0.29) is 5.91 Å². The minimum atomic E-state index is -0.135. The highest BCUT2D eigenvalue weighted by Gasteiger charge is 2.04. The van der Waals surface area contributed by atoms with E-state index in [1.54, 1.807) is 12.4 Å². The molecule has 0 aliphatic heterocycles. The summed E-state index contributed by atoms with van der Waals surface area (Å²) in [6, 6.07) is 7.74. The van der Waals surface area contributed by atoms with Crippen LogP contribution in [0.3, 0.4) is 0 Å². The van der Waals surface area contributed by atoms with Crippen molar-refractivity contribution in [3.63, 3.8) is 0 Å². The molecule has 1 amide bonds. The van der Waals surface area contributed by atoms with E-state index in [9.17, 15) is 4.79 Å². The molecule has 3 aromatic rings. The normalized spacial score (nSPS) is 10.6. The predicted molar refractivity (Wildman–Crippen MR) is 73.6 cm³/mol. The van der Waals surface area contributed by atoms with Crippen LogP contribution in [-0.2, 0) is 4.79 Å². The molecule has 0 spiro atoms. The summed E-state index contributed by atoms with van der Waals surface area (Å²) in [6.07, 6.45) is 5.32. The molecule has 0 fully saturated rings. The standard InChI is InChI=1S/C14H12N4O/c1-9(19)18-13-7-10(2-4-15-13)12-6-11-3-5-16-14(11)17-8-12/h2-8H,1H3,(H,16,17)(H,15,18,19). The van der Waals surface area contributed by atoms with Crippen molar-refractivity contribution in [2.45, 2.75) is 6.92 Å². The third-order valence-electron chi connectivity index (χ3n) is 2.80. The van der Waals surface area contributed by atoms with Crippen molar-refractivity contribution in [1.29, 1.82) is 0 Å². The number of amides is 1. The summed E-state index contributed by atoms with van der Waals surface area (Å²) in [5.74, 6) is 0.406. The van der Waals surface area contributed by atoms with Gasteiger partial charge in [-0.25, -0.2) is 9.97 Å². The van der Waals surface area contributed by atoms with Gasteiger partial charge in [0.1, 0.15) is 11.5 Å². The number of aromatic amines is 1. The van der Waals surface area contributed by atoms with Crippen LogP contribution in [0.1, 0.15) is 6.92 Å². The van der Waals surface area contributed by atoms with Crippen LogP contribution in [0.4, 0.5) is 5.82 Å². The molecule has 0 saturated heterocycles. The molecule has 2 N–H and O–H groups in total. The van der Waals surface area contributed by atoms with Gasteiger partial charge >= 0.3 is 0 Å². The average molecular weight is 252 g/mol. The number of nitrogens with one attached hydrogen (secondary N) is 2. The molecular formula is C14H12N4O. The van der Waals surface area contributed by atoms with E-state index < -0.39 is 0 Å². The van der Waals surface area contributed by atoms with Gasteiger partial charge in [-0.3, -0.25) is 4.79 Å². The summed E-state index contributed by atoms with van der Waals surface area (Å²) in [5, 5.41) is 3.72. The maximum Gasteiger partial charge on any atom is 0.222 e. The van der Waals surface area contributed by atoms with E-state index in [2.05, 4.69) is 20.3 Å². The Morgan fingerprint density at radius 3 is 2.95 bits per heavy atom. The lowest BCUT2D eigenvalue weighted by atomic mass is 10.1. The number of aromatic nitrogens is 3. The first-order chi connectivity index (χ1) is 9.22. The number of anilines is 1. The van der Waals surface area contributed by atoms with Crippen molar-refractivity contribution >= 4 is 22.8 Å². The zero-order chi connectivity index (χ0) is 13.2. The summed E-state index contributed by atoms with van der Waals surface area (Å²) in [6.45, 7) is 1.46. The second-order valence-electron chi connectivity index (χ2n) is 4.25. The fourth-order valence-electron chi connectivity index (χ4n) is 1.96. The van der Waals surface area contributed by atoms with E-state index in [1.165, 1.54) is 6.92 Å². The van der Waals surface area contributed by atoms with Crippen molar-refractivity contribution in [2.75, 3.05) is 5.32 Å². The first-order valence-electron chi connectivity index (χ1n) is 5.89. The summed E-state index contributed by atoms with van der Waals surface area (Å²) in [4.78, 5) is 22.5. The minimum absolute atomic E-state index is 0.135. The van der Waals surface area contributed by atoms with E-state index in [0.717, 1.165) is 22.2 Å². The molecule has 3 heterocycles. The third kappa shape index (κ3) is 2.30. The molecule has 5 heteroatoms. The number of rotatable bonds is 2. The Balaban J connectivity index is 2.02. The van der Waals surface area contributed by atoms with Crippen molar-refractivity contribution in [1.82, 2.24) is 15.0 Å². The lowest BCUT2D eigenvalue weighted by Gasteiger charge is -2.05. The SMILES string of the molecule is CC(=O)Nc1cc(-c2cnc3[nH]ccc3c2)ccn1. The molecule has 3 rings (SSSR count). The van der Waals surface area contributed by atoms with Crippen LogP contribution in [0, 0.1) is 0 Å². The molecule has 0 aliphatic rings. The Hall–Kier alpha value is -2.69. The quantitative estimate of drug-likeness (QED) is 0.736. The van der Waals surface area contributed by atoms with Gasteiger partial charge in [-0.2, -0.15) is 0 Å². The van der Waals surface area contributed by atoms with E-state index >= 15 is 0 Å². The summed E-state index contributed by atoms with van der Waals surface area (Å²) >= 11 is 0. The van der Waals surface area contributed by atoms with Crippen molar-refractivity contribution < 1.29 is 4.79 Å². The number of H-pyrrole nitrogens is 1. The van der Waals surface area contributed by atoms with Gasteiger partial charge in [0, 0.05) is 36.5 Å². The van der Waals surface area contributed by atoms with E-state index in [0.29, 0.717) is 5.82 Å². The van der Waals surface area contributed by atoms with E-state index in [4.69, 9.17) is 0 Å². The van der Waals surface area contributed by atoms with Crippen LogP contribution in [0.2, 0.25) is 0 Å². The van der Waals surface area contributed by atoms with E-state index in [1.807, 2.05) is 30.5 Å². The fraction of sp³-hybridized carbons (Fsp3) is 0.0714. The third-order valence-corrected chi connectivity index (χ3v) is 2.80. The lowest BCUT2D eigenvalue weighted by Crippen LogP contribution is -2.07. The van der Waals surface area contributed by atoms with Gasteiger partial charge < -0.3 is 10.3 Å². The topological polar surface area (TPSA) is 70.7 Å². The van der Waals surface area contributed by atoms with Gasteiger partial charge in [0.05, 0.1) is 0 Å². The second kappa shape index (κ2) is 4.53. The number of carbonyl (C=O) groups excluding carboxylic acids is 1. The maximum absolute atomic E-state index is 11.0. The first-order valence-corrected chi connectivity index (χ1v) is 5.89. The second-order valence-corrected chi connectivity index (χ2v) is 4.25. The fourth-order valence-corrected chi connectivity index (χ4v) is 1.96. The highest BCUT2D eigenvalue weighted by molar-refractivity contribution is 5.88. The number of hydrogen-bond donors (Lipinski definition) is 2. The maximum atomic E-state index is 11.0. The number of fused-ring (bicyclic) bond motifs is 1. The molecule has 3 aromatic heterocycles. The van der Waals surface area contributed by atoms with Gasteiger partial charge in [-0.05, 0) is 29.8 Å². The van der Waals surface area contributed by atoms with Crippen molar-refractivity contribution in [3.8, 4) is 11.1 Å². The Morgan fingerprint density at radius 1 is 1.21 bits per heavy atom. The zero-order valence-corrected chi connectivity index (χ0v) is 10.3. The summed E-state index contributed by atoms with van der Waals surface area (Å²) in [7, 11) is 0. The van der Waals surface area contributed by atoms with Crippen LogP contribution >= 0.6 is 0 Å². The molecule has 0 unspecified atom stereocenters. The molecule has 0 saturated carbocycles. The van der Waals surface area contributed by atoms with Crippen molar-refractivity contribution in [2.24, 2.45) is 0 Å². The van der Waals surface area contributed by atoms with Crippen LogP contribution in [-0.4, -0.2) is 20.9 Å². The molecule has 19 heavy (non-hydrogen) atoms. The molecule has 0 aromatic carbocycles. The minimum Gasteiger partial charge on any atom is -0.346 e. The van der Waals surface area contributed by atoms with Gasteiger partial charge in [0.15, 0.2) is 0 Å². The van der Waals surface area contributed by atoms with Crippen molar-refractivity contribution in [3.05, 3.63) is 42.9 Å². The molecule has 0 bridgehead atoms. The monoisotopic (exact) mass is 252 g/mol. The molecular weight excluding hydrogens is 240 g/mol. The number of hydrogen-bond acceptors (Lipinski definition) is 3. The van der Waals surface area contributed by atoms with Gasteiger partial charge in [0.25, 0.3) is 0 Å². The number of nitrogens with zero attached hydrogens (tertiary/aromatic N) is 2. The Morgan fingerprint density at radius 2 is 2.11 bits per heavy atom. The Kier molecular flexibility index (Phi) is 2.72. The average Bonchev–Trinajstić information content (AvgIpc) is 2.85. The molecule has 94 valence electrons. The van der Waals surface area contributed by atoms with Gasteiger partial charge in [-0.15, -0.1) is 0 Å². The smallest absolute Gasteiger partial charge is 0.222 e. The van der Waals surface area contributed by atoms with Gasteiger partial charge in [0.2, 0.25) is 5.91 Å². The highest BCUT2D eigenvalue weighted by atomic mass is 16.1. The van der Waals surface area contributed by atoms with Crippen LogP contribution in [0.25, 0.3) is 22.2 Å².